The van der Waals surface area contributed by atoms with Gasteiger partial charge in [0.25, 0.3) is 0 Å². The lowest BCUT2D eigenvalue weighted by Gasteiger charge is -2.17. The van der Waals surface area contributed by atoms with Crippen LogP contribution >= 0.6 is 0 Å². The third-order valence-corrected chi connectivity index (χ3v) is 4.49. The number of aryl methyl sites for hydroxylation is 2. The highest BCUT2D eigenvalue weighted by atomic mass is 14.2. The molecule has 0 saturated heterocycles. The summed E-state index contributed by atoms with van der Waals surface area (Å²) in [5, 5.41) is 0. The molecular formula is C22H22. The normalized spacial score (nSPS) is 10.7. The van der Waals surface area contributed by atoms with Crippen LogP contribution in [0.15, 0.2) is 66.7 Å². The average molecular weight is 286 g/mol. The van der Waals surface area contributed by atoms with E-state index in [-0.39, 0.29) is 0 Å². The summed E-state index contributed by atoms with van der Waals surface area (Å²) in [4.78, 5) is 0. The topological polar surface area (TPSA) is 0 Å². The van der Waals surface area contributed by atoms with Gasteiger partial charge in [-0.1, -0.05) is 73.7 Å². The molecule has 0 heteroatoms. The Hall–Kier alpha value is -2.34. The minimum absolute atomic E-state index is 1.05. The molecule has 3 aromatic rings. The molecular weight excluding hydrogens is 264 g/mol. The Balaban J connectivity index is 2.32. The fourth-order valence-electron chi connectivity index (χ4n) is 3.09. The van der Waals surface area contributed by atoms with Crippen molar-refractivity contribution in [2.24, 2.45) is 0 Å². The van der Waals surface area contributed by atoms with Gasteiger partial charge in [0.15, 0.2) is 0 Å². The summed E-state index contributed by atoms with van der Waals surface area (Å²) in [5.41, 5.74) is 9.49. The highest BCUT2D eigenvalue weighted by molar-refractivity contribution is 5.87. The Bertz CT molecular complexity index is 782. The molecule has 0 heterocycles. The Labute approximate surface area is 133 Å². The van der Waals surface area contributed by atoms with E-state index in [4.69, 9.17) is 0 Å². The van der Waals surface area contributed by atoms with Crippen molar-refractivity contribution in [3.63, 3.8) is 0 Å². The molecule has 0 fully saturated rings. The van der Waals surface area contributed by atoms with E-state index in [1.54, 1.807) is 0 Å². The van der Waals surface area contributed by atoms with E-state index in [1.165, 1.54) is 38.9 Å². The maximum absolute atomic E-state index is 2.25. The van der Waals surface area contributed by atoms with Crippen LogP contribution in [0.2, 0.25) is 0 Å². The summed E-state index contributed by atoms with van der Waals surface area (Å²) in [6.07, 6.45) is 1.05. The molecule has 3 rings (SSSR count). The molecule has 0 radical (unpaired) electrons. The van der Waals surface area contributed by atoms with Crippen LogP contribution < -0.4 is 0 Å². The minimum atomic E-state index is 1.05. The van der Waals surface area contributed by atoms with E-state index in [1.807, 2.05) is 0 Å². The van der Waals surface area contributed by atoms with Crippen LogP contribution in [0.25, 0.3) is 22.3 Å². The second-order valence-corrected chi connectivity index (χ2v) is 5.81. The summed E-state index contributed by atoms with van der Waals surface area (Å²) in [5.74, 6) is 0. The highest BCUT2D eigenvalue weighted by Gasteiger charge is 2.13. The van der Waals surface area contributed by atoms with Crippen molar-refractivity contribution in [3.05, 3.63) is 83.4 Å². The third kappa shape index (κ3) is 2.57. The van der Waals surface area contributed by atoms with E-state index < -0.39 is 0 Å². The first-order valence-electron chi connectivity index (χ1n) is 7.96. The van der Waals surface area contributed by atoms with Gasteiger partial charge in [-0.05, 0) is 59.2 Å². The molecule has 0 amide bonds. The third-order valence-electron chi connectivity index (χ3n) is 4.49. The van der Waals surface area contributed by atoms with Crippen molar-refractivity contribution in [3.8, 4) is 22.3 Å². The summed E-state index contributed by atoms with van der Waals surface area (Å²) >= 11 is 0. The number of benzene rings is 3. The SMILES string of the molecule is CCc1cccc(-c2ccccc2)c1-c1cccc(C)c1C. The van der Waals surface area contributed by atoms with Crippen LogP contribution in [0, 0.1) is 13.8 Å². The fourth-order valence-corrected chi connectivity index (χ4v) is 3.09. The smallest absolute Gasteiger partial charge is 0.00707 e. The largest absolute Gasteiger partial charge is 0.0622 e. The van der Waals surface area contributed by atoms with Crippen LogP contribution in [0.5, 0.6) is 0 Å². The van der Waals surface area contributed by atoms with Crippen LogP contribution in [0.4, 0.5) is 0 Å². The lowest BCUT2D eigenvalue weighted by molar-refractivity contribution is 1.14. The molecule has 0 aliphatic rings. The molecule has 0 N–H and O–H groups in total. The number of hydrogen-bond acceptors (Lipinski definition) is 0. The van der Waals surface area contributed by atoms with Gasteiger partial charge in [0.05, 0.1) is 0 Å². The minimum Gasteiger partial charge on any atom is -0.0622 e. The van der Waals surface area contributed by atoms with E-state index in [0.717, 1.165) is 6.42 Å². The first-order chi connectivity index (χ1) is 10.7. The molecule has 0 aliphatic carbocycles. The zero-order valence-corrected chi connectivity index (χ0v) is 13.6. The van der Waals surface area contributed by atoms with E-state index in [2.05, 4.69) is 87.5 Å². The molecule has 3 aromatic carbocycles. The summed E-state index contributed by atoms with van der Waals surface area (Å²) in [6, 6.07) is 24.0. The van der Waals surface area contributed by atoms with E-state index in [0.29, 0.717) is 0 Å². The first-order valence-corrected chi connectivity index (χ1v) is 7.96. The van der Waals surface area contributed by atoms with Crippen LogP contribution in [-0.4, -0.2) is 0 Å². The van der Waals surface area contributed by atoms with Gasteiger partial charge in [0, 0.05) is 0 Å². The van der Waals surface area contributed by atoms with Gasteiger partial charge in [-0.2, -0.15) is 0 Å². The highest BCUT2D eigenvalue weighted by Crippen LogP contribution is 2.37. The zero-order valence-electron chi connectivity index (χ0n) is 13.6. The van der Waals surface area contributed by atoms with Crippen molar-refractivity contribution in [2.75, 3.05) is 0 Å². The van der Waals surface area contributed by atoms with Gasteiger partial charge in [-0.3, -0.25) is 0 Å². The Morgan fingerprint density at radius 2 is 1.36 bits per heavy atom. The Kier molecular flexibility index (Phi) is 4.11. The van der Waals surface area contributed by atoms with Gasteiger partial charge < -0.3 is 0 Å². The molecule has 0 bridgehead atoms. The number of hydrogen-bond donors (Lipinski definition) is 0. The van der Waals surface area contributed by atoms with Crippen molar-refractivity contribution in [2.45, 2.75) is 27.2 Å². The van der Waals surface area contributed by atoms with Gasteiger partial charge in [-0.15, -0.1) is 0 Å². The average Bonchev–Trinajstić information content (AvgIpc) is 2.57. The second-order valence-electron chi connectivity index (χ2n) is 5.81. The quantitative estimate of drug-likeness (QED) is 0.537. The molecule has 110 valence electrons. The van der Waals surface area contributed by atoms with Gasteiger partial charge in [0.2, 0.25) is 0 Å². The summed E-state index contributed by atoms with van der Waals surface area (Å²) in [6.45, 7) is 6.65. The predicted molar refractivity (Wildman–Crippen MR) is 96.2 cm³/mol. The first kappa shape index (κ1) is 14.6. The maximum atomic E-state index is 2.25. The molecule has 0 atom stereocenters. The Morgan fingerprint density at radius 1 is 0.682 bits per heavy atom. The molecule has 0 aliphatic heterocycles. The van der Waals surface area contributed by atoms with Crippen molar-refractivity contribution in [1.29, 1.82) is 0 Å². The standard InChI is InChI=1S/C22H22/c1-4-18-13-9-15-21(19-11-6-5-7-12-19)22(18)20-14-8-10-16(2)17(20)3/h5-15H,4H2,1-3H3. The van der Waals surface area contributed by atoms with E-state index >= 15 is 0 Å². The molecule has 0 unspecified atom stereocenters. The summed E-state index contributed by atoms with van der Waals surface area (Å²) < 4.78 is 0. The monoisotopic (exact) mass is 286 g/mol. The van der Waals surface area contributed by atoms with Crippen molar-refractivity contribution >= 4 is 0 Å². The lowest BCUT2D eigenvalue weighted by Crippen LogP contribution is -1.95. The molecule has 0 aromatic heterocycles. The van der Waals surface area contributed by atoms with Crippen LogP contribution in [0.3, 0.4) is 0 Å². The lowest BCUT2D eigenvalue weighted by atomic mass is 9.86. The van der Waals surface area contributed by atoms with Crippen molar-refractivity contribution in [1.82, 2.24) is 0 Å². The molecule has 0 spiro atoms. The number of rotatable bonds is 3. The Morgan fingerprint density at radius 3 is 2.09 bits per heavy atom. The zero-order chi connectivity index (χ0) is 15.5. The predicted octanol–water partition coefficient (Wildman–Crippen LogP) is 6.20. The van der Waals surface area contributed by atoms with Crippen LogP contribution in [0.1, 0.15) is 23.6 Å². The van der Waals surface area contributed by atoms with Crippen molar-refractivity contribution < 1.29 is 0 Å². The van der Waals surface area contributed by atoms with Gasteiger partial charge in [-0.25, -0.2) is 0 Å². The summed E-state index contributed by atoms with van der Waals surface area (Å²) in [7, 11) is 0. The van der Waals surface area contributed by atoms with Crippen LogP contribution in [-0.2, 0) is 6.42 Å². The maximum Gasteiger partial charge on any atom is -0.00707 e. The fraction of sp³-hybridized carbons (Fsp3) is 0.182. The molecule has 0 saturated carbocycles. The van der Waals surface area contributed by atoms with Gasteiger partial charge >= 0.3 is 0 Å². The second kappa shape index (κ2) is 6.19. The van der Waals surface area contributed by atoms with Gasteiger partial charge in [0.1, 0.15) is 0 Å². The van der Waals surface area contributed by atoms with E-state index in [9.17, 15) is 0 Å². The molecule has 0 nitrogen and oxygen atoms in total. The molecule has 22 heavy (non-hydrogen) atoms.